The predicted molar refractivity (Wildman–Crippen MR) is 72.3 cm³/mol. The molecule has 7 nitrogen and oxygen atoms in total. The molecule has 0 saturated heterocycles. The summed E-state index contributed by atoms with van der Waals surface area (Å²) in [5, 5.41) is 19.6. The molecular formula is C13H25NO6. The quantitative estimate of drug-likeness (QED) is 0.364. The summed E-state index contributed by atoms with van der Waals surface area (Å²) in [6.45, 7) is 1.66. The van der Waals surface area contributed by atoms with E-state index >= 15 is 0 Å². The minimum Gasteiger partial charge on any atom is -0.394 e. The Morgan fingerprint density at radius 3 is 2.15 bits per heavy atom. The van der Waals surface area contributed by atoms with E-state index in [-0.39, 0.29) is 51.0 Å². The van der Waals surface area contributed by atoms with Gasteiger partial charge >= 0.3 is 0 Å². The third-order valence-corrected chi connectivity index (χ3v) is 2.42. The number of aliphatic hydroxyl groups is 2. The number of hydrogen-bond acceptors (Lipinski definition) is 6. The number of amides is 1. The van der Waals surface area contributed by atoms with Gasteiger partial charge in [-0.25, -0.2) is 0 Å². The molecule has 0 bridgehead atoms. The van der Waals surface area contributed by atoms with Crippen molar-refractivity contribution >= 4 is 11.7 Å². The van der Waals surface area contributed by atoms with Crippen LogP contribution in [-0.4, -0.2) is 68.1 Å². The highest BCUT2D eigenvalue weighted by atomic mass is 16.5. The van der Waals surface area contributed by atoms with Crippen molar-refractivity contribution in [2.75, 3.05) is 46.2 Å². The minimum absolute atomic E-state index is 0.0177. The van der Waals surface area contributed by atoms with Gasteiger partial charge in [-0.2, -0.15) is 0 Å². The number of hydrogen-bond donors (Lipinski definition) is 3. The van der Waals surface area contributed by atoms with Gasteiger partial charge in [0.25, 0.3) is 0 Å². The zero-order chi connectivity index (χ0) is 15.1. The zero-order valence-electron chi connectivity index (χ0n) is 11.8. The lowest BCUT2D eigenvalue weighted by atomic mass is 10.1. The van der Waals surface area contributed by atoms with Crippen LogP contribution in [0.3, 0.4) is 0 Å². The lowest BCUT2D eigenvalue weighted by molar-refractivity contribution is -0.125. The molecule has 7 heteroatoms. The number of carbonyl (C=O) groups is 2. The van der Waals surface area contributed by atoms with Gasteiger partial charge in [-0.05, 0) is 6.42 Å². The molecule has 0 aromatic rings. The highest BCUT2D eigenvalue weighted by Crippen LogP contribution is 1.99. The van der Waals surface area contributed by atoms with Crippen LogP contribution >= 0.6 is 0 Å². The Morgan fingerprint density at radius 1 is 0.850 bits per heavy atom. The molecule has 0 saturated carbocycles. The average molecular weight is 291 g/mol. The number of carbonyl (C=O) groups excluding carboxylic acids is 2. The van der Waals surface area contributed by atoms with E-state index in [1.807, 2.05) is 0 Å². The molecule has 118 valence electrons. The van der Waals surface area contributed by atoms with Crippen LogP contribution in [0.5, 0.6) is 0 Å². The van der Waals surface area contributed by atoms with Crippen LogP contribution < -0.4 is 5.32 Å². The molecule has 0 unspecified atom stereocenters. The predicted octanol–water partition coefficient (Wildman–Crippen LogP) is -0.750. The smallest absolute Gasteiger partial charge is 0.220 e. The standard InChI is InChI=1S/C13H25NO6/c15-6-10-19-8-1-2-12(17)3-4-13(18)14-5-9-20-11-7-16/h15-16H,1-11H2,(H,14,18). The van der Waals surface area contributed by atoms with Gasteiger partial charge in [0.2, 0.25) is 5.91 Å². The fourth-order valence-electron chi connectivity index (χ4n) is 1.43. The van der Waals surface area contributed by atoms with Crippen LogP contribution in [0.1, 0.15) is 25.7 Å². The second-order valence-electron chi connectivity index (χ2n) is 4.16. The highest BCUT2D eigenvalue weighted by Gasteiger charge is 2.06. The molecule has 0 aromatic heterocycles. The third-order valence-electron chi connectivity index (χ3n) is 2.42. The minimum atomic E-state index is -0.178. The maximum Gasteiger partial charge on any atom is 0.220 e. The van der Waals surface area contributed by atoms with Gasteiger partial charge in [-0.15, -0.1) is 0 Å². The zero-order valence-corrected chi connectivity index (χ0v) is 11.8. The van der Waals surface area contributed by atoms with E-state index in [9.17, 15) is 9.59 Å². The Hall–Kier alpha value is -1.02. The Labute approximate surface area is 119 Å². The lowest BCUT2D eigenvalue weighted by Crippen LogP contribution is -2.27. The molecule has 0 fully saturated rings. The van der Waals surface area contributed by atoms with E-state index in [1.165, 1.54) is 0 Å². The first kappa shape index (κ1) is 19.0. The monoisotopic (exact) mass is 291 g/mol. The third kappa shape index (κ3) is 13.4. The molecule has 0 aliphatic heterocycles. The molecule has 0 aliphatic rings. The number of ether oxygens (including phenoxy) is 2. The number of aliphatic hydroxyl groups excluding tert-OH is 2. The molecule has 0 radical (unpaired) electrons. The van der Waals surface area contributed by atoms with Gasteiger partial charge in [-0.1, -0.05) is 0 Å². The van der Waals surface area contributed by atoms with Crippen LogP contribution in [0.25, 0.3) is 0 Å². The molecular weight excluding hydrogens is 266 g/mol. The summed E-state index contributed by atoms with van der Waals surface area (Å²) in [5.74, 6) is -0.147. The molecule has 0 aromatic carbocycles. The molecule has 0 spiro atoms. The fourth-order valence-corrected chi connectivity index (χ4v) is 1.43. The van der Waals surface area contributed by atoms with Crippen LogP contribution in [0.2, 0.25) is 0 Å². The largest absolute Gasteiger partial charge is 0.394 e. The summed E-state index contributed by atoms with van der Waals surface area (Å²) in [7, 11) is 0. The van der Waals surface area contributed by atoms with Crippen molar-refractivity contribution in [2.45, 2.75) is 25.7 Å². The summed E-state index contributed by atoms with van der Waals surface area (Å²) < 4.78 is 10.0. The molecule has 0 atom stereocenters. The van der Waals surface area contributed by atoms with Crippen molar-refractivity contribution in [1.29, 1.82) is 0 Å². The molecule has 3 N–H and O–H groups in total. The van der Waals surface area contributed by atoms with Gasteiger partial charge in [0.1, 0.15) is 5.78 Å². The van der Waals surface area contributed by atoms with E-state index in [0.29, 0.717) is 32.6 Å². The normalized spacial score (nSPS) is 10.5. The molecule has 0 rings (SSSR count). The lowest BCUT2D eigenvalue weighted by Gasteiger charge is -2.05. The van der Waals surface area contributed by atoms with E-state index in [1.54, 1.807) is 0 Å². The van der Waals surface area contributed by atoms with Crippen molar-refractivity contribution in [3.8, 4) is 0 Å². The van der Waals surface area contributed by atoms with Crippen LogP contribution in [0.15, 0.2) is 0 Å². The first-order valence-electron chi connectivity index (χ1n) is 6.86. The molecule has 0 aliphatic carbocycles. The molecule has 0 heterocycles. The second kappa shape index (κ2) is 14.4. The van der Waals surface area contributed by atoms with Gasteiger partial charge in [0.15, 0.2) is 0 Å². The first-order valence-corrected chi connectivity index (χ1v) is 6.86. The van der Waals surface area contributed by atoms with Gasteiger partial charge in [0.05, 0.1) is 33.0 Å². The SMILES string of the molecule is O=C(CCCOCCO)CCC(=O)NCCOCCO. The Morgan fingerprint density at radius 2 is 1.50 bits per heavy atom. The second-order valence-corrected chi connectivity index (χ2v) is 4.16. The van der Waals surface area contributed by atoms with Crippen molar-refractivity contribution in [3.05, 3.63) is 0 Å². The van der Waals surface area contributed by atoms with Crippen LogP contribution in [0.4, 0.5) is 0 Å². The maximum absolute atomic E-state index is 11.5. The maximum atomic E-state index is 11.5. The van der Waals surface area contributed by atoms with Gasteiger partial charge in [0, 0.05) is 32.4 Å². The summed E-state index contributed by atoms with van der Waals surface area (Å²) in [6, 6.07) is 0. The van der Waals surface area contributed by atoms with Crippen LogP contribution in [0, 0.1) is 0 Å². The van der Waals surface area contributed by atoms with E-state index in [2.05, 4.69) is 5.32 Å². The molecule has 20 heavy (non-hydrogen) atoms. The highest BCUT2D eigenvalue weighted by molar-refractivity contribution is 5.84. The van der Waals surface area contributed by atoms with Crippen LogP contribution in [-0.2, 0) is 19.1 Å². The van der Waals surface area contributed by atoms with E-state index in [4.69, 9.17) is 19.7 Å². The summed E-state index contributed by atoms with van der Waals surface area (Å²) in [5.41, 5.74) is 0. The van der Waals surface area contributed by atoms with Gasteiger partial charge in [-0.3, -0.25) is 9.59 Å². The number of rotatable bonds is 14. The van der Waals surface area contributed by atoms with Crippen molar-refractivity contribution in [1.82, 2.24) is 5.32 Å². The van der Waals surface area contributed by atoms with Gasteiger partial charge < -0.3 is 25.0 Å². The Bertz CT molecular complexity index is 233. The van der Waals surface area contributed by atoms with Crippen molar-refractivity contribution in [2.24, 2.45) is 0 Å². The Balaban J connectivity index is 3.37. The number of nitrogens with one attached hydrogen (secondary N) is 1. The average Bonchev–Trinajstić information content (AvgIpc) is 2.44. The summed E-state index contributed by atoms with van der Waals surface area (Å²) in [4.78, 5) is 22.8. The molecule has 1 amide bonds. The number of ketones is 1. The topological polar surface area (TPSA) is 105 Å². The van der Waals surface area contributed by atoms with E-state index in [0.717, 1.165) is 0 Å². The van der Waals surface area contributed by atoms with E-state index < -0.39 is 0 Å². The fraction of sp³-hybridized carbons (Fsp3) is 0.846. The van der Waals surface area contributed by atoms with Crippen molar-refractivity contribution in [3.63, 3.8) is 0 Å². The number of Topliss-reactive ketones (excluding diaryl/α,β-unsaturated/α-hetero) is 1. The van der Waals surface area contributed by atoms with Crippen molar-refractivity contribution < 1.29 is 29.3 Å². The Kier molecular flexibility index (Phi) is 13.7. The summed E-state index contributed by atoms with van der Waals surface area (Å²) in [6.07, 6.45) is 1.40. The summed E-state index contributed by atoms with van der Waals surface area (Å²) >= 11 is 0. The first-order chi connectivity index (χ1) is 9.70.